The minimum atomic E-state index is 0.124. The van der Waals surface area contributed by atoms with E-state index in [4.69, 9.17) is 0 Å². The summed E-state index contributed by atoms with van der Waals surface area (Å²) >= 11 is 0. The van der Waals surface area contributed by atoms with Gasteiger partial charge in [-0.05, 0) is 147 Å². The molecule has 1 aromatic heterocycles. The number of para-hydroxylation sites is 2. The fourth-order valence-electron chi connectivity index (χ4n) is 11.8. The maximum atomic E-state index is 9.53. The lowest BCUT2D eigenvalue weighted by Crippen LogP contribution is -2.56. The SMILES string of the molecule is N#Cc1ccc(-c2c3ccccc3c(C34CC5CC(CC(c6ccc7c(c6)c6ccccc6n7-c6ccccc6)(C5)C3)C4)c3ccccc23)cc1. The van der Waals surface area contributed by atoms with Crippen LogP contribution >= 0.6 is 0 Å². The molecular weight excluding hydrogens is 617 g/mol. The number of hydrogen-bond acceptors (Lipinski definition) is 1. The number of benzene rings is 7. The lowest BCUT2D eigenvalue weighted by molar-refractivity contribution is -0.0268. The normalized spacial score (nSPS) is 23.7. The Morgan fingerprint density at radius 2 is 1.10 bits per heavy atom. The predicted molar refractivity (Wildman–Crippen MR) is 210 cm³/mol. The summed E-state index contributed by atoms with van der Waals surface area (Å²) < 4.78 is 2.45. The van der Waals surface area contributed by atoms with Gasteiger partial charge in [0.15, 0.2) is 0 Å². The first-order valence-electron chi connectivity index (χ1n) is 18.7. The Morgan fingerprint density at radius 3 is 1.76 bits per heavy atom. The molecule has 51 heavy (non-hydrogen) atoms. The van der Waals surface area contributed by atoms with Crippen LogP contribution in [0.2, 0.25) is 0 Å². The molecule has 0 aliphatic heterocycles. The van der Waals surface area contributed by atoms with Gasteiger partial charge in [-0.15, -0.1) is 0 Å². The summed E-state index contributed by atoms with van der Waals surface area (Å²) in [6, 6.07) is 56.2. The summed E-state index contributed by atoms with van der Waals surface area (Å²) in [5.41, 5.74) is 10.4. The van der Waals surface area contributed by atoms with Gasteiger partial charge in [0.2, 0.25) is 0 Å². The number of hydrogen-bond donors (Lipinski definition) is 0. The maximum Gasteiger partial charge on any atom is 0.0991 e. The van der Waals surface area contributed by atoms with Crippen LogP contribution in [0.25, 0.3) is 60.2 Å². The van der Waals surface area contributed by atoms with Crippen molar-refractivity contribution in [3.63, 3.8) is 0 Å². The third kappa shape index (κ3) is 4.16. The number of rotatable bonds is 4. The summed E-state index contributed by atoms with van der Waals surface area (Å²) in [4.78, 5) is 0. The molecule has 0 amide bonds. The van der Waals surface area contributed by atoms with Gasteiger partial charge in [0.25, 0.3) is 0 Å². The van der Waals surface area contributed by atoms with Crippen molar-refractivity contribution < 1.29 is 0 Å². The molecule has 2 atom stereocenters. The molecule has 4 saturated carbocycles. The zero-order chi connectivity index (χ0) is 33.7. The largest absolute Gasteiger partial charge is 0.309 e. The van der Waals surface area contributed by atoms with Crippen LogP contribution in [0.1, 0.15) is 55.2 Å². The van der Waals surface area contributed by atoms with Crippen molar-refractivity contribution in [2.24, 2.45) is 11.8 Å². The molecule has 2 heteroatoms. The second-order valence-electron chi connectivity index (χ2n) is 16.0. The van der Waals surface area contributed by atoms with E-state index in [0.29, 0.717) is 5.56 Å². The zero-order valence-electron chi connectivity index (χ0n) is 28.6. The smallest absolute Gasteiger partial charge is 0.0991 e. The van der Waals surface area contributed by atoms with Crippen LogP contribution in [0.3, 0.4) is 0 Å². The van der Waals surface area contributed by atoms with Gasteiger partial charge in [0.05, 0.1) is 22.7 Å². The average molecular weight is 655 g/mol. The summed E-state index contributed by atoms with van der Waals surface area (Å²) in [7, 11) is 0. The molecule has 12 rings (SSSR count). The summed E-state index contributed by atoms with van der Waals surface area (Å²) in [5.74, 6) is 1.48. The summed E-state index contributed by atoms with van der Waals surface area (Å²) in [5, 5.41) is 17.7. The van der Waals surface area contributed by atoms with Crippen LogP contribution in [0.5, 0.6) is 0 Å². The van der Waals surface area contributed by atoms with Crippen LogP contribution in [-0.2, 0) is 10.8 Å². The highest BCUT2D eigenvalue weighted by Crippen LogP contribution is 2.68. The lowest BCUT2D eigenvalue weighted by atomic mass is 9.41. The quantitative estimate of drug-likeness (QED) is 0.174. The number of aromatic nitrogens is 1. The van der Waals surface area contributed by atoms with Gasteiger partial charge in [0, 0.05) is 16.5 Å². The first-order valence-corrected chi connectivity index (χ1v) is 18.7. The van der Waals surface area contributed by atoms with Crippen molar-refractivity contribution in [2.75, 3.05) is 0 Å². The monoisotopic (exact) mass is 654 g/mol. The van der Waals surface area contributed by atoms with E-state index in [9.17, 15) is 5.26 Å². The van der Waals surface area contributed by atoms with E-state index in [1.807, 2.05) is 12.1 Å². The predicted octanol–water partition coefficient (Wildman–Crippen LogP) is 12.4. The Labute approximate surface area is 298 Å². The van der Waals surface area contributed by atoms with Gasteiger partial charge >= 0.3 is 0 Å². The van der Waals surface area contributed by atoms with Crippen LogP contribution < -0.4 is 0 Å². The molecule has 0 saturated heterocycles. The van der Waals surface area contributed by atoms with Crippen LogP contribution in [0.4, 0.5) is 0 Å². The minimum absolute atomic E-state index is 0.124. The molecule has 4 aliphatic carbocycles. The van der Waals surface area contributed by atoms with Gasteiger partial charge in [-0.3, -0.25) is 0 Å². The third-order valence-electron chi connectivity index (χ3n) is 13.1. The van der Waals surface area contributed by atoms with Crippen LogP contribution in [0.15, 0.2) is 146 Å². The fourth-order valence-corrected chi connectivity index (χ4v) is 11.8. The molecular formula is C49H38N2. The van der Waals surface area contributed by atoms with Crippen molar-refractivity contribution in [3.8, 4) is 22.9 Å². The highest BCUT2D eigenvalue weighted by molar-refractivity contribution is 6.15. The van der Waals surface area contributed by atoms with Crippen molar-refractivity contribution in [3.05, 3.63) is 162 Å². The Morgan fingerprint density at radius 1 is 0.529 bits per heavy atom. The molecule has 1 heterocycles. The molecule has 0 spiro atoms. The third-order valence-corrected chi connectivity index (χ3v) is 13.1. The number of nitrogens with zero attached hydrogens (tertiary/aromatic N) is 2. The van der Waals surface area contributed by atoms with Crippen LogP contribution in [-0.4, -0.2) is 4.57 Å². The van der Waals surface area contributed by atoms with E-state index in [1.165, 1.54) is 98.7 Å². The molecule has 4 bridgehead atoms. The van der Waals surface area contributed by atoms with Gasteiger partial charge in [-0.25, -0.2) is 0 Å². The first-order chi connectivity index (χ1) is 25.1. The lowest BCUT2D eigenvalue weighted by Gasteiger charge is -2.63. The molecule has 0 N–H and O–H groups in total. The highest BCUT2D eigenvalue weighted by atomic mass is 15.0. The van der Waals surface area contributed by atoms with E-state index >= 15 is 0 Å². The second-order valence-corrected chi connectivity index (χ2v) is 16.0. The minimum Gasteiger partial charge on any atom is -0.309 e. The topological polar surface area (TPSA) is 28.7 Å². The fraction of sp³-hybridized carbons (Fsp3) is 0.204. The Balaban J connectivity index is 1.12. The molecule has 4 fully saturated rings. The van der Waals surface area contributed by atoms with E-state index in [0.717, 1.165) is 11.8 Å². The molecule has 2 nitrogen and oxygen atoms in total. The molecule has 0 radical (unpaired) electrons. The van der Waals surface area contributed by atoms with Gasteiger partial charge in [0.1, 0.15) is 0 Å². The van der Waals surface area contributed by atoms with E-state index in [-0.39, 0.29) is 10.8 Å². The Kier molecular flexibility index (Phi) is 6.10. The van der Waals surface area contributed by atoms with Gasteiger partial charge < -0.3 is 4.57 Å². The van der Waals surface area contributed by atoms with Crippen molar-refractivity contribution >= 4 is 43.4 Å². The van der Waals surface area contributed by atoms with E-state index in [2.05, 4.69) is 144 Å². The first kappa shape index (κ1) is 29.1. The molecule has 4 aliphatic rings. The molecule has 244 valence electrons. The van der Waals surface area contributed by atoms with Gasteiger partial charge in [-0.1, -0.05) is 103 Å². The number of nitriles is 1. The average Bonchev–Trinajstić information content (AvgIpc) is 3.50. The summed E-state index contributed by atoms with van der Waals surface area (Å²) in [6.07, 6.45) is 7.74. The summed E-state index contributed by atoms with van der Waals surface area (Å²) in [6.45, 7) is 0. The molecule has 7 aromatic carbocycles. The van der Waals surface area contributed by atoms with Crippen LogP contribution in [0, 0.1) is 23.2 Å². The van der Waals surface area contributed by atoms with Crippen molar-refractivity contribution in [1.82, 2.24) is 4.57 Å². The van der Waals surface area contributed by atoms with Gasteiger partial charge in [-0.2, -0.15) is 5.26 Å². The standard InChI is InChI=1S/C49H38N2/c50-30-32-18-20-35(21-19-32)46-39-13-4-6-15-41(39)47(42-16-7-5-14-40(42)46)49-28-33-24-34(29-49)27-48(26-33,31-49)36-22-23-45-43(25-36)38-12-8-9-17-44(38)51(45)37-10-2-1-3-11-37/h1-23,25,33-34H,24,26-29,31H2. The van der Waals surface area contributed by atoms with E-state index < -0.39 is 0 Å². The highest BCUT2D eigenvalue weighted by Gasteiger charge is 2.59. The zero-order valence-corrected chi connectivity index (χ0v) is 28.6. The Hall–Kier alpha value is -5.65. The van der Waals surface area contributed by atoms with Crippen molar-refractivity contribution in [1.29, 1.82) is 5.26 Å². The number of fused-ring (bicyclic) bond motifs is 5. The maximum absolute atomic E-state index is 9.53. The van der Waals surface area contributed by atoms with Crippen molar-refractivity contribution in [2.45, 2.75) is 49.4 Å². The molecule has 2 unspecified atom stereocenters. The molecule has 8 aromatic rings. The Bertz CT molecular complexity index is 2650. The second kappa shape index (κ2) is 10.7. The van der Waals surface area contributed by atoms with E-state index in [1.54, 1.807) is 11.1 Å².